The molecule has 3 nitrogen and oxygen atoms in total. The van der Waals surface area contributed by atoms with Gasteiger partial charge in [-0.2, -0.15) is 0 Å². The van der Waals surface area contributed by atoms with Crippen LogP contribution in [0, 0.1) is 0 Å². The summed E-state index contributed by atoms with van der Waals surface area (Å²) < 4.78 is 11.5. The Hall–Kier alpha value is -1.06. The van der Waals surface area contributed by atoms with Crippen LogP contribution in [0.5, 0.6) is 5.75 Å². The zero-order valence-electron chi connectivity index (χ0n) is 10.7. The standard InChI is InChI=1S/C14H21NO2/c1-3-12-6-4-5-7-14(12)17-11-13-10-15(2)8-9-16-13/h4-7,13H,3,8-11H2,1-2H3. The van der Waals surface area contributed by atoms with Gasteiger partial charge in [-0.1, -0.05) is 25.1 Å². The minimum absolute atomic E-state index is 0.193. The molecule has 1 aliphatic heterocycles. The Bertz CT molecular complexity index is 354. The SMILES string of the molecule is CCc1ccccc1OCC1CN(C)CCO1. The third-order valence-electron chi connectivity index (χ3n) is 3.12. The number of ether oxygens (including phenoxy) is 2. The van der Waals surface area contributed by atoms with E-state index in [4.69, 9.17) is 9.47 Å². The Morgan fingerprint density at radius 1 is 1.41 bits per heavy atom. The molecule has 1 fully saturated rings. The van der Waals surface area contributed by atoms with E-state index in [0.29, 0.717) is 6.61 Å². The second kappa shape index (κ2) is 6.03. The van der Waals surface area contributed by atoms with E-state index in [1.807, 2.05) is 12.1 Å². The lowest BCUT2D eigenvalue weighted by Crippen LogP contribution is -2.42. The van der Waals surface area contributed by atoms with Crippen LogP contribution < -0.4 is 4.74 Å². The molecule has 2 rings (SSSR count). The van der Waals surface area contributed by atoms with Gasteiger partial charge in [-0.05, 0) is 25.1 Å². The lowest BCUT2D eigenvalue weighted by atomic mass is 10.1. The van der Waals surface area contributed by atoms with Crippen molar-refractivity contribution < 1.29 is 9.47 Å². The van der Waals surface area contributed by atoms with Crippen LogP contribution in [0.2, 0.25) is 0 Å². The molecule has 0 bridgehead atoms. The van der Waals surface area contributed by atoms with E-state index in [-0.39, 0.29) is 6.10 Å². The smallest absolute Gasteiger partial charge is 0.122 e. The minimum Gasteiger partial charge on any atom is -0.491 e. The van der Waals surface area contributed by atoms with Crippen molar-refractivity contribution in [1.29, 1.82) is 0 Å². The van der Waals surface area contributed by atoms with Crippen LogP contribution in [0.3, 0.4) is 0 Å². The van der Waals surface area contributed by atoms with Crippen LogP contribution in [-0.2, 0) is 11.2 Å². The molecular weight excluding hydrogens is 214 g/mol. The highest BCUT2D eigenvalue weighted by Crippen LogP contribution is 2.19. The maximum absolute atomic E-state index is 5.86. The summed E-state index contributed by atoms with van der Waals surface area (Å²) in [6, 6.07) is 8.22. The summed E-state index contributed by atoms with van der Waals surface area (Å²) in [4.78, 5) is 2.28. The van der Waals surface area contributed by atoms with Gasteiger partial charge in [-0.3, -0.25) is 0 Å². The Morgan fingerprint density at radius 3 is 3.00 bits per heavy atom. The topological polar surface area (TPSA) is 21.7 Å². The minimum atomic E-state index is 0.193. The summed E-state index contributed by atoms with van der Waals surface area (Å²) in [5.74, 6) is 0.992. The molecule has 17 heavy (non-hydrogen) atoms. The van der Waals surface area contributed by atoms with Crippen LogP contribution in [0.15, 0.2) is 24.3 Å². The molecule has 1 saturated heterocycles. The fourth-order valence-electron chi connectivity index (χ4n) is 2.09. The second-order valence-electron chi connectivity index (χ2n) is 4.53. The number of nitrogens with zero attached hydrogens (tertiary/aromatic N) is 1. The van der Waals surface area contributed by atoms with Gasteiger partial charge in [0.1, 0.15) is 18.5 Å². The summed E-state index contributed by atoms with van der Waals surface area (Å²) >= 11 is 0. The van der Waals surface area contributed by atoms with Crippen molar-refractivity contribution in [3.63, 3.8) is 0 Å². The number of morpholine rings is 1. The maximum Gasteiger partial charge on any atom is 0.122 e. The predicted molar refractivity (Wildman–Crippen MR) is 68.6 cm³/mol. The summed E-state index contributed by atoms with van der Waals surface area (Å²) in [7, 11) is 2.12. The van der Waals surface area contributed by atoms with E-state index in [0.717, 1.165) is 31.9 Å². The zero-order chi connectivity index (χ0) is 12.1. The highest BCUT2D eigenvalue weighted by molar-refractivity contribution is 5.33. The van der Waals surface area contributed by atoms with Gasteiger partial charge in [0.25, 0.3) is 0 Å². The first kappa shape index (κ1) is 12.4. The van der Waals surface area contributed by atoms with Crippen molar-refractivity contribution in [1.82, 2.24) is 4.90 Å². The van der Waals surface area contributed by atoms with E-state index in [2.05, 4.69) is 31.0 Å². The predicted octanol–water partition coefficient (Wildman–Crippen LogP) is 1.96. The Kier molecular flexibility index (Phi) is 4.40. The molecule has 0 amide bonds. The molecule has 94 valence electrons. The molecule has 0 saturated carbocycles. The first-order chi connectivity index (χ1) is 8.29. The second-order valence-corrected chi connectivity index (χ2v) is 4.53. The van der Waals surface area contributed by atoms with Crippen molar-refractivity contribution in [3.8, 4) is 5.75 Å². The van der Waals surface area contributed by atoms with E-state index >= 15 is 0 Å². The maximum atomic E-state index is 5.86. The van der Waals surface area contributed by atoms with Crippen LogP contribution in [-0.4, -0.2) is 44.4 Å². The van der Waals surface area contributed by atoms with Crippen LogP contribution in [0.4, 0.5) is 0 Å². The van der Waals surface area contributed by atoms with Crippen LogP contribution >= 0.6 is 0 Å². The molecule has 1 atom stereocenters. The number of benzene rings is 1. The molecule has 3 heteroatoms. The van der Waals surface area contributed by atoms with Crippen molar-refractivity contribution in [2.75, 3.05) is 33.4 Å². The summed E-state index contributed by atoms with van der Waals surface area (Å²) in [6.45, 7) is 5.56. The molecule has 0 aromatic heterocycles. The van der Waals surface area contributed by atoms with E-state index in [1.165, 1.54) is 5.56 Å². The summed E-state index contributed by atoms with van der Waals surface area (Å²) in [6.07, 6.45) is 1.19. The molecule has 0 N–H and O–H groups in total. The van der Waals surface area contributed by atoms with Gasteiger partial charge in [0.2, 0.25) is 0 Å². The number of likely N-dealkylation sites (N-methyl/N-ethyl adjacent to an activating group) is 1. The fourth-order valence-corrected chi connectivity index (χ4v) is 2.09. The fraction of sp³-hybridized carbons (Fsp3) is 0.571. The summed E-state index contributed by atoms with van der Waals surface area (Å²) in [5, 5.41) is 0. The van der Waals surface area contributed by atoms with Crippen molar-refractivity contribution in [3.05, 3.63) is 29.8 Å². The lowest BCUT2D eigenvalue weighted by Gasteiger charge is -2.30. The third kappa shape index (κ3) is 3.45. The van der Waals surface area contributed by atoms with E-state index in [9.17, 15) is 0 Å². The molecule has 0 aliphatic carbocycles. The van der Waals surface area contributed by atoms with Crippen molar-refractivity contribution in [2.45, 2.75) is 19.4 Å². The average Bonchev–Trinajstić information content (AvgIpc) is 2.37. The van der Waals surface area contributed by atoms with Gasteiger partial charge in [0.15, 0.2) is 0 Å². The Labute approximate surface area is 103 Å². The summed E-state index contributed by atoms with van der Waals surface area (Å²) in [5.41, 5.74) is 1.26. The lowest BCUT2D eigenvalue weighted by molar-refractivity contribution is -0.0404. The van der Waals surface area contributed by atoms with Gasteiger partial charge >= 0.3 is 0 Å². The van der Waals surface area contributed by atoms with Gasteiger partial charge in [0, 0.05) is 13.1 Å². The number of aryl methyl sites for hydroxylation is 1. The first-order valence-corrected chi connectivity index (χ1v) is 6.30. The largest absolute Gasteiger partial charge is 0.491 e. The van der Waals surface area contributed by atoms with Crippen molar-refractivity contribution in [2.24, 2.45) is 0 Å². The monoisotopic (exact) mass is 235 g/mol. The molecule has 1 aromatic carbocycles. The Balaban J connectivity index is 1.88. The Morgan fingerprint density at radius 2 is 2.24 bits per heavy atom. The van der Waals surface area contributed by atoms with Crippen LogP contribution in [0.1, 0.15) is 12.5 Å². The molecule has 0 radical (unpaired) electrons. The van der Waals surface area contributed by atoms with Gasteiger partial charge in [-0.15, -0.1) is 0 Å². The van der Waals surface area contributed by atoms with E-state index < -0.39 is 0 Å². The van der Waals surface area contributed by atoms with Gasteiger partial charge < -0.3 is 14.4 Å². The highest BCUT2D eigenvalue weighted by atomic mass is 16.5. The molecule has 1 aliphatic rings. The molecular formula is C14H21NO2. The zero-order valence-corrected chi connectivity index (χ0v) is 10.7. The number of hydrogen-bond donors (Lipinski definition) is 0. The number of hydrogen-bond acceptors (Lipinski definition) is 3. The molecule has 1 unspecified atom stereocenters. The molecule has 0 spiro atoms. The van der Waals surface area contributed by atoms with Gasteiger partial charge in [-0.25, -0.2) is 0 Å². The number of para-hydroxylation sites is 1. The molecule has 1 heterocycles. The van der Waals surface area contributed by atoms with Crippen LogP contribution in [0.25, 0.3) is 0 Å². The number of rotatable bonds is 4. The van der Waals surface area contributed by atoms with E-state index in [1.54, 1.807) is 0 Å². The normalized spacial score (nSPS) is 21.4. The van der Waals surface area contributed by atoms with Crippen molar-refractivity contribution >= 4 is 0 Å². The highest BCUT2D eigenvalue weighted by Gasteiger charge is 2.18. The average molecular weight is 235 g/mol. The molecule has 1 aromatic rings. The van der Waals surface area contributed by atoms with Gasteiger partial charge in [0.05, 0.1) is 6.61 Å². The first-order valence-electron chi connectivity index (χ1n) is 6.30. The third-order valence-corrected chi connectivity index (χ3v) is 3.12. The quantitative estimate of drug-likeness (QED) is 0.796.